The average Bonchev–Trinajstić information content (AvgIpc) is 2.77. The summed E-state index contributed by atoms with van der Waals surface area (Å²) in [7, 11) is 0. The molecule has 0 amide bonds. The lowest BCUT2D eigenvalue weighted by atomic mass is 10.1. The van der Waals surface area contributed by atoms with Crippen molar-refractivity contribution in [1.29, 1.82) is 5.26 Å². The van der Waals surface area contributed by atoms with Crippen LogP contribution in [-0.2, 0) is 0 Å². The molecule has 0 aliphatic rings. The lowest BCUT2D eigenvalue weighted by Crippen LogP contribution is -1.89. The number of aromatic amines is 1. The highest BCUT2D eigenvalue weighted by Crippen LogP contribution is 2.23. The van der Waals surface area contributed by atoms with Crippen LogP contribution in [0.2, 0.25) is 0 Å². The van der Waals surface area contributed by atoms with Gasteiger partial charge in [0.2, 0.25) is 0 Å². The summed E-state index contributed by atoms with van der Waals surface area (Å²) in [6, 6.07) is 7.73. The highest BCUT2D eigenvalue weighted by molar-refractivity contribution is 5.66. The summed E-state index contributed by atoms with van der Waals surface area (Å²) in [6.45, 7) is 0. The minimum absolute atomic E-state index is 0.0515. The number of nitro groups is 1. The van der Waals surface area contributed by atoms with Crippen LogP contribution in [0.5, 0.6) is 0 Å². The van der Waals surface area contributed by atoms with E-state index in [4.69, 9.17) is 5.26 Å². The third-order valence-electron chi connectivity index (χ3n) is 1.98. The third kappa shape index (κ3) is 1.59. The number of aromatic nitrogens is 3. The first-order valence-corrected chi connectivity index (χ1v) is 4.28. The molecule has 0 spiro atoms. The number of nitrogens with zero attached hydrogens (tertiary/aromatic N) is 4. The normalized spacial score (nSPS) is 9.69. The summed E-state index contributed by atoms with van der Waals surface area (Å²) in [5.41, 5.74) is 0.857. The van der Waals surface area contributed by atoms with Crippen LogP contribution in [0.1, 0.15) is 5.69 Å². The van der Waals surface area contributed by atoms with Gasteiger partial charge in [-0.05, 0) is 0 Å². The quantitative estimate of drug-likeness (QED) is 0.598. The van der Waals surface area contributed by atoms with E-state index in [1.165, 1.54) is 18.2 Å². The maximum absolute atomic E-state index is 10.6. The molecule has 0 saturated carbocycles. The summed E-state index contributed by atoms with van der Waals surface area (Å²) in [6.07, 6.45) is 0. The molecule has 0 unspecified atom stereocenters. The number of non-ortho nitro benzene ring substituents is 1. The molecular weight excluding hydrogens is 210 g/mol. The minimum Gasteiger partial charge on any atom is -0.258 e. The van der Waals surface area contributed by atoms with Crippen LogP contribution < -0.4 is 0 Å². The number of nitrogens with one attached hydrogen (secondary N) is 1. The topological polar surface area (TPSA) is 108 Å². The molecule has 0 bridgehead atoms. The summed E-state index contributed by atoms with van der Waals surface area (Å²) in [5, 5.41) is 29.0. The van der Waals surface area contributed by atoms with Gasteiger partial charge in [-0.25, -0.2) is 0 Å². The second kappa shape index (κ2) is 3.78. The molecule has 2 aromatic rings. The highest BCUT2D eigenvalue weighted by Gasteiger charge is 2.13. The van der Waals surface area contributed by atoms with Crippen LogP contribution in [0.3, 0.4) is 0 Å². The van der Waals surface area contributed by atoms with E-state index >= 15 is 0 Å². The maximum Gasteiger partial charge on any atom is 0.270 e. The van der Waals surface area contributed by atoms with Crippen molar-refractivity contribution in [1.82, 2.24) is 15.4 Å². The monoisotopic (exact) mass is 215 g/mol. The van der Waals surface area contributed by atoms with Crippen LogP contribution >= 0.6 is 0 Å². The molecule has 0 aliphatic heterocycles. The van der Waals surface area contributed by atoms with Gasteiger partial charge in [0, 0.05) is 17.7 Å². The van der Waals surface area contributed by atoms with Gasteiger partial charge in [-0.3, -0.25) is 10.1 Å². The van der Waals surface area contributed by atoms with E-state index in [2.05, 4.69) is 15.4 Å². The fourth-order valence-electron chi connectivity index (χ4n) is 1.28. The Labute approximate surface area is 89.5 Å². The van der Waals surface area contributed by atoms with E-state index < -0.39 is 4.92 Å². The largest absolute Gasteiger partial charge is 0.270 e. The lowest BCUT2D eigenvalue weighted by Gasteiger charge is -1.96. The molecule has 78 valence electrons. The van der Waals surface area contributed by atoms with Crippen molar-refractivity contribution in [3.05, 3.63) is 40.1 Å². The van der Waals surface area contributed by atoms with Gasteiger partial charge in [-0.1, -0.05) is 12.1 Å². The van der Waals surface area contributed by atoms with E-state index in [1.54, 1.807) is 6.07 Å². The zero-order chi connectivity index (χ0) is 11.5. The van der Waals surface area contributed by atoms with Crippen molar-refractivity contribution >= 4 is 5.69 Å². The number of H-pyrrole nitrogens is 1. The molecule has 0 saturated heterocycles. The first-order chi connectivity index (χ1) is 7.72. The minimum atomic E-state index is -0.504. The van der Waals surface area contributed by atoms with Crippen molar-refractivity contribution in [3.63, 3.8) is 0 Å². The van der Waals surface area contributed by atoms with Crippen LogP contribution in [0.15, 0.2) is 24.3 Å². The highest BCUT2D eigenvalue weighted by atomic mass is 16.6. The van der Waals surface area contributed by atoms with Crippen molar-refractivity contribution in [2.75, 3.05) is 0 Å². The molecule has 7 nitrogen and oxygen atoms in total. The molecule has 1 N–H and O–H groups in total. The Morgan fingerprint density at radius 3 is 2.94 bits per heavy atom. The Morgan fingerprint density at radius 2 is 2.25 bits per heavy atom. The smallest absolute Gasteiger partial charge is 0.258 e. The molecule has 1 aromatic heterocycles. The summed E-state index contributed by atoms with van der Waals surface area (Å²) in [5.74, 6) is 0. The summed E-state index contributed by atoms with van der Waals surface area (Å²) < 4.78 is 0. The van der Waals surface area contributed by atoms with Gasteiger partial charge in [0.05, 0.1) is 4.92 Å². The molecule has 1 heterocycles. The van der Waals surface area contributed by atoms with Crippen molar-refractivity contribution in [3.8, 4) is 17.3 Å². The van der Waals surface area contributed by atoms with Crippen LogP contribution in [0.4, 0.5) is 5.69 Å². The zero-order valence-electron chi connectivity index (χ0n) is 7.91. The molecule has 0 radical (unpaired) electrons. The third-order valence-corrected chi connectivity index (χ3v) is 1.98. The SMILES string of the molecule is N#Cc1n[nH]nc1-c1cccc([N+](=O)[O-])c1. The average molecular weight is 215 g/mol. The molecule has 1 aromatic carbocycles. The van der Waals surface area contributed by atoms with Crippen LogP contribution in [-0.4, -0.2) is 20.3 Å². The van der Waals surface area contributed by atoms with Gasteiger partial charge in [-0.2, -0.15) is 15.6 Å². The molecule has 0 aliphatic carbocycles. The second-order valence-electron chi connectivity index (χ2n) is 2.94. The summed E-state index contributed by atoms with van der Waals surface area (Å²) in [4.78, 5) is 10.1. The van der Waals surface area contributed by atoms with Crippen LogP contribution in [0, 0.1) is 21.4 Å². The first-order valence-electron chi connectivity index (χ1n) is 4.28. The molecule has 16 heavy (non-hydrogen) atoms. The van der Waals surface area contributed by atoms with E-state index in [9.17, 15) is 10.1 Å². The fraction of sp³-hybridized carbons (Fsp3) is 0. The molecule has 7 heteroatoms. The van der Waals surface area contributed by atoms with Gasteiger partial charge in [0.1, 0.15) is 11.8 Å². The van der Waals surface area contributed by atoms with Gasteiger partial charge in [0.25, 0.3) is 5.69 Å². The van der Waals surface area contributed by atoms with Crippen molar-refractivity contribution in [2.45, 2.75) is 0 Å². The van der Waals surface area contributed by atoms with Crippen molar-refractivity contribution < 1.29 is 4.92 Å². The standard InChI is InChI=1S/C9H5N5O2/c10-5-8-9(12-13-11-8)6-2-1-3-7(4-6)14(15)16/h1-4H,(H,11,12,13). The number of benzene rings is 1. The Balaban J connectivity index is 2.53. The second-order valence-corrected chi connectivity index (χ2v) is 2.94. The predicted molar refractivity (Wildman–Crippen MR) is 53.2 cm³/mol. The number of nitro benzene ring substituents is 1. The number of hydrogen-bond donors (Lipinski definition) is 1. The Bertz CT molecular complexity index is 584. The first kappa shape index (κ1) is 9.79. The summed E-state index contributed by atoms with van der Waals surface area (Å²) >= 11 is 0. The Kier molecular flexibility index (Phi) is 2.31. The zero-order valence-corrected chi connectivity index (χ0v) is 7.91. The van der Waals surface area contributed by atoms with Crippen molar-refractivity contribution in [2.24, 2.45) is 0 Å². The van der Waals surface area contributed by atoms with E-state index in [0.29, 0.717) is 11.3 Å². The molecule has 2 rings (SSSR count). The van der Waals surface area contributed by atoms with E-state index in [0.717, 1.165) is 0 Å². The number of rotatable bonds is 2. The van der Waals surface area contributed by atoms with E-state index in [-0.39, 0.29) is 11.4 Å². The van der Waals surface area contributed by atoms with Gasteiger partial charge in [-0.15, -0.1) is 5.10 Å². The Hall–Kier alpha value is -2.75. The lowest BCUT2D eigenvalue weighted by molar-refractivity contribution is -0.384. The maximum atomic E-state index is 10.6. The molecule has 0 atom stereocenters. The number of nitriles is 1. The molecule has 0 fully saturated rings. The van der Waals surface area contributed by atoms with E-state index in [1.807, 2.05) is 6.07 Å². The molecular formula is C9H5N5O2. The van der Waals surface area contributed by atoms with Crippen LogP contribution in [0.25, 0.3) is 11.3 Å². The van der Waals surface area contributed by atoms with Gasteiger partial charge < -0.3 is 0 Å². The number of hydrogen-bond acceptors (Lipinski definition) is 5. The fourth-order valence-corrected chi connectivity index (χ4v) is 1.28. The van der Waals surface area contributed by atoms with Gasteiger partial charge >= 0.3 is 0 Å². The predicted octanol–water partition coefficient (Wildman–Crippen LogP) is 1.25. The Morgan fingerprint density at radius 1 is 1.44 bits per heavy atom. The van der Waals surface area contributed by atoms with Gasteiger partial charge in [0.15, 0.2) is 5.69 Å².